The van der Waals surface area contributed by atoms with E-state index in [4.69, 9.17) is 16.3 Å². The van der Waals surface area contributed by atoms with Crippen LogP contribution in [0.25, 0.3) is 0 Å². The van der Waals surface area contributed by atoms with Gasteiger partial charge in [0.15, 0.2) is 0 Å². The van der Waals surface area contributed by atoms with Crippen LogP contribution in [0.4, 0.5) is 0 Å². The number of hydrogen-bond acceptors (Lipinski definition) is 3. The van der Waals surface area contributed by atoms with Gasteiger partial charge in [-0.2, -0.15) is 0 Å². The molecule has 0 saturated carbocycles. The summed E-state index contributed by atoms with van der Waals surface area (Å²) in [6.45, 7) is 1.89. The van der Waals surface area contributed by atoms with Crippen LogP contribution in [0.15, 0.2) is 18.2 Å². The number of methoxy groups -OCH3 is 1. The molecule has 1 heterocycles. The molecule has 96 valence electrons. The van der Waals surface area contributed by atoms with Crippen LogP contribution in [-0.2, 0) is 15.0 Å². The van der Waals surface area contributed by atoms with Crippen molar-refractivity contribution < 1.29 is 14.3 Å². The quantitative estimate of drug-likeness (QED) is 0.835. The maximum Gasteiger partial charge on any atom is 0.227 e. The van der Waals surface area contributed by atoms with E-state index < -0.39 is 5.41 Å². The van der Waals surface area contributed by atoms with Crippen molar-refractivity contribution in [2.45, 2.75) is 25.2 Å². The van der Waals surface area contributed by atoms with Crippen LogP contribution in [-0.4, -0.2) is 18.9 Å². The lowest BCUT2D eigenvalue weighted by molar-refractivity contribution is -0.135. The van der Waals surface area contributed by atoms with E-state index in [2.05, 4.69) is 5.32 Å². The molecule has 1 aromatic carbocycles. The first-order valence-electron chi connectivity index (χ1n) is 5.61. The summed E-state index contributed by atoms with van der Waals surface area (Å²) < 4.78 is 5.08. The number of imide groups is 1. The fraction of sp³-hybridized carbons (Fsp3) is 0.385. The molecule has 2 rings (SSSR count). The molecular formula is C13H14ClNO3. The second-order valence-corrected chi connectivity index (χ2v) is 5.14. The number of halogens is 1. The first kappa shape index (κ1) is 12.9. The van der Waals surface area contributed by atoms with Crippen LogP contribution in [0.5, 0.6) is 5.75 Å². The number of benzene rings is 1. The number of rotatable bonds is 2. The van der Waals surface area contributed by atoms with Gasteiger partial charge in [-0.05, 0) is 17.7 Å². The zero-order chi connectivity index (χ0) is 13.3. The van der Waals surface area contributed by atoms with E-state index in [1.54, 1.807) is 19.2 Å². The van der Waals surface area contributed by atoms with Gasteiger partial charge in [-0.1, -0.05) is 24.6 Å². The summed E-state index contributed by atoms with van der Waals surface area (Å²) in [5.74, 6) is 0.0805. The average molecular weight is 268 g/mol. The smallest absolute Gasteiger partial charge is 0.227 e. The van der Waals surface area contributed by atoms with Gasteiger partial charge >= 0.3 is 0 Å². The number of nitrogens with one attached hydrogen (secondary N) is 1. The van der Waals surface area contributed by atoms with Crippen molar-refractivity contribution in [1.29, 1.82) is 0 Å². The summed E-state index contributed by atoms with van der Waals surface area (Å²) in [5.41, 5.74) is 0.367. The topological polar surface area (TPSA) is 55.4 Å². The maximum absolute atomic E-state index is 11.5. The van der Waals surface area contributed by atoms with Crippen molar-refractivity contribution in [1.82, 2.24) is 5.32 Å². The minimum absolute atomic E-state index is 0.249. The Morgan fingerprint density at radius 1 is 1.28 bits per heavy atom. The fourth-order valence-corrected chi connectivity index (χ4v) is 2.52. The van der Waals surface area contributed by atoms with E-state index in [9.17, 15) is 9.59 Å². The van der Waals surface area contributed by atoms with Gasteiger partial charge in [0, 0.05) is 18.3 Å². The highest BCUT2D eigenvalue weighted by atomic mass is 35.5. The number of carbonyl (C=O) groups is 2. The SMILES string of the molecule is COc1ccc(C2(C)CC(=O)NC(=O)C2)cc1Cl. The zero-order valence-electron chi connectivity index (χ0n) is 10.2. The molecule has 1 aromatic rings. The first-order chi connectivity index (χ1) is 8.44. The fourth-order valence-electron chi connectivity index (χ4n) is 2.26. The van der Waals surface area contributed by atoms with E-state index in [0.717, 1.165) is 5.56 Å². The second-order valence-electron chi connectivity index (χ2n) is 4.73. The normalized spacial score (nSPS) is 18.4. The molecule has 1 fully saturated rings. The molecule has 1 aliphatic rings. The molecule has 1 saturated heterocycles. The predicted octanol–water partition coefficient (Wildman–Crippen LogP) is 2.04. The van der Waals surface area contributed by atoms with E-state index in [-0.39, 0.29) is 24.7 Å². The van der Waals surface area contributed by atoms with Gasteiger partial charge in [0.1, 0.15) is 5.75 Å². The lowest BCUT2D eigenvalue weighted by atomic mass is 9.74. The minimum atomic E-state index is -0.505. The van der Waals surface area contributed by atoms with E-state index in [1.165, 1.54) is 0 Å². The van der Waals surface area contributed by atoms with Crippen molar-refractivity contribution in [2.24, 2.45) is 0 Å². The number of amides is 2. The Bertz CT molecular complexity index is 497. The molecule has 0 atom stereocenters. The lowest BCUT2D eigenvalue weighted by Gasteiger charge is -2.32. The lowest BCUT2D eigenvalue weighted by Crippen LogP contribution is -2.45. The molecule has 2 amide bonds. The monoisotopic (exact) mass is 267 g/mol. The number of carbonyl (C=O) groups excluding carboxylic acids is 2. The molecule has 0 aromatic heterocycles. The molecule has 0 unspecified atom stereocenters. The highest BCUT2D eigenvalue weighted by molar-refractivity contribution is 6.32. The molecule has 1 aliphatic heterocycles. The Hall–Kier alpha value is -1.55. The number of ether oxygens (including phenoxy) is 1. The summed E-state index contributed by atoms with van der Waals surface area (Å²) >= 11 is 6.07. The largest absolute Gasteiger partial charge is 0.495 e. The van der Waals surface area contributed by atoms with Gasteiger partial charge in [-0.15, -0.1) is 0 Å². The van der Waals surface area contributed by atoms with Crippen molar-refractivity contribution in [3.05, 3.63) is 28.8 Å². The van der Waals surface area contributed by atoms with Gasteiger partial charge in [0.25, 0.3) is 0 Å². The van der Waals surface area contributed by atoms with Gasteiger partial charge < -0.3 is 4.74 Å². The Morgan fingerprint density at radius 3 is 2.39 bits per heavy atom. The third-order valence-corrected chi connectivity index (χ3v) is 3.52. The van der Waals surface area contributed by atoms with Crippen LogP contribution in [0, 0.1) is 0 Å². The number of hydrogen-bond donors (Lipinski definition) is 1. The highest BCUT2D eigenvalue weighted by Gasteiger charge is 2.37. The van der Waals surface area contributed by atoms with Crippen molar-refractivity contribution in [2.75, 3.05) is 7.11 Å². The Morgan fingerprint density at radius 2 is 1.89 bits per heavy atom. The molecule has 5 heteroatoms. The first-order valence-corrected chi connectivity index (χ1v) is 5.99. The average Bonchev–Trinajstić information content (AvgIpc) is 2.27. The van der Waals surface area contributed by atoms with E-state index >= 15 is 0 Å². The molecule has 0 radical (unpaired) electrons. The van der Waals surface area contributed by atoms with Gasteiger partial charge in [-0.3, -0.25) is 14.9 Å². The molecule has 1 N–H and O–H groups in total. The Labute approximate surface area is 110 Å². The van der Waals surface area contributed by atoms with Crippen LogP contribution in [0.3, 0.4) is 0 Å². The third kappa shape index (κ3) is 2.34. The molecule has 4 nitrogen and oxygen atoms in total. The molecule has 0 aliphatic carbocycles. The van der Waals surface area contributed by atoms with Gasteiger partial charge in [0.2, 0.25) is 11.8 Å². The second kappa shape index (κ2) is 4.61. The number of piperidine rings is 1. The van der Waals surface area contributed by atoms with Gasteiger partial charge in [-0.25, -0.2) is 0 Å². The van der Waals surface area contributed by atoms with E-state index in [0.29, 0.717) is 10.8 Å². The maximum atomic E-state index is 11.5. The Balaban J connectivity index is 2.37. The van der Waals surface area contributed by atoms with Crippen molar-refractivity contribution in [3.63, 3.8) is 0 Å². The molecule has 0 spiro atoms. The summed E-state index contributed by atoms with van der Waals surface area (Å²) in [6.07, 6.45) is 0.558. The van der Waals surface area contributed by atoms with Crippen molar-refractivity contribution in [3.8, 4) is 5.75 Å². The van der Waals surface area contributed by atoms with Crippen LogP contribution >= 0.6 is 11.6 Å². The third-order valence-electron chi connectivity index (χ3n) is 3.23. The molecular weight excluding hydrogens is 254 g/mol. The van der Waals surface area contributed by atoms with Crippen LogP contribution in [0.1, 0.15) is 25.3 Å². The highest BCUT2D eigenvalue weighted by Crippen LogP contribution is 2.37. The van der Waals surface area contributed by atoms with E-state index in [1.807, 2.05) is 13.0 Å². The summed E-state index contributed by atoms with van der Waals surface area (Å²) in [4.78, 5) is 23.0. The standard InChI is InChI=1S/C13H14ClNO3/c1-13(6-11(16)15-12(17)7-13)8-3-4-10(18-2)9(14)5-8/h3-5H,6-7H2,1-2H3,(H,15,16,17). The van der Waals surface area contributed by atoms with Crippen molar-refractivity contribution >= 4 is 23.4 Å². The summed E-state index contributed by atoms with van der Waals surface area (Å²) in [7, 11) is 1.54. The van der Waals surface area contributed by atoms with Crippen LogP contribution < -0.4 is 10.1 Å². The van der Waals surface area contributed by atoms with Crippen LogP contribution in [0.2, 0.25) is 5.02 Å². The molecule has 18 heavy (non-hydrogen) atoms. The predicted molar refractivity (Wildman–Crippen MR) is 67.7 cm³/mol. The zero-order valence-corrected chi connectivity index (χ0v) is 11.0. The van der Waals surface area contributed by atoms with Gasteiger partial charge in [0.05, 0.1) is 12.1 Å². The minimum Gasteiger partial charge on any atom is -0.495 e. The molecule has 0 bridgehead atoms. The summed E-state index contributed by atoms with van der Waals surface area (Å²) in [6, 6.07) is 5.35. The summed E-state index contributed by atoms with van der Waals surface area (Å²) in [5, 5.41) is 2.79. The Kier molecular flexibility index (Phi) is 3.30.